The van der Waals surface area contributed by atoms with Gasteiger partial charge >= 0.3 is 6.18 Å². The Labute approximate surface area is 181 Å². The van der Waals surface area contributed by atoms with E-state index >= 15 is 0 Å². The van der Waals surface area contributed by atoms with Crippen LogP contribution in [0.3, 0.4) is 0 Å². The fourth-order valence-electron chi connectivity index (χ4n) is 3.85. The maximum atomic E-state index is 12.8. The number of carbonyl (C=O) groups is 3. The zero-order valence-electron chi connectivity index (χ0n) is 16.5. The fourth-order valence-corrected chi connectivity index (χ4v) is 5.18. The molecule has 4 rings (SSSR count). The summed E-state index contributed by atoms with van der Waals surface area (Å²) >= 11 is 0. The van der Waals surface area contributed by atoms with Crippen molar-refractivity contribution in [3.05, 3.63) is 64.7 Å². The van der Waals surface area contributed by atoms with Gasteiger partial charge in [-0.05, 0) is 47.9 Å². The van der Waals surface area contributed by atoms with Crippen LogP contribution in [0.4, 0.5) is 13.2 Å². The molecule has 2 aromatic rings. The van der Waals surface area contributed by atoms with E-state index in [2.05, 4.69) is 5.32 Å². The minimum atomic E-state index is -4.57. The van der Waals surface area contributed by atoms with Crippen molar-refractivity contribution in [3.8, 4) is 0 Å². The first-order valence-electron chi connectivity index (χ1n) is 9.62. The highest BCUT2D eigenvalue weighted by atomic mass is 32.2. The molecule has 1 saturated heterocycles. The quantitative estimate of drug-likeness (QED) is 0.698. The number of fused-ring (bicyclic) bond motifs is 1. The second kappa shape index (κ2) is 7.73. The van der Waals surface area contributed by atoms with E-state index in [1.807, 2.05) is 0 Å². The van der Waals surface area contributed by atoms with Crippen molar-refractivity contribution in [2.45, 2.75) is 42.3 Å². The third-order valence-electron chi connectivity index (χ3n) is 5.49. The van der Waals surface area contributed by atoms with E-state index in [0.717, 1.165) is 12.1 Å². The SMILES string of the molecule is O=C1CCC(N2Cc3ccc(CS(=O)(=O)c4ccc(C(F)(F)F)cc4)cc3C2=O)C(=O)N1. The molecule has 168 valence electrons. The average molecular weight is 466 g/mol. The average Bonchev–Trinajstić information content (AvgIpc) is 3.03. The van der Waals surface area contributed by atoms with E-state index < -0.39 is 51.1 Å². The normalized spacial score (nSPS) is 19.2. The number of piperidine rings is 1. The van der Waals surface area contributed by atoms with Crippen LogP contribution < -0.4 is 5.32 Å². The van der Waals surface area contributed by atoms with Gasteiger partial charge in [-0.25, -0.2) is 8.42 Å². The predicted octanol–water partition coefficient (Wildman–Crippen LogP) is 2.44. The topological polar surface area (TPSA) is 101 Å². The van der Waals surface area contributed by atoms with Gasteiger partial charge in [0.15, 0.2) is 9.84 Å². The van der Waals surface area contributed by atoms with Gasteiger partial charge in [0.25, 0.3) is 5.91 Å². The second-order valence-electron chi connectivity index (χ2n) is 7.67. The number of alkyl halides is 3. The molecule has 2 aromatic carbocycles. The van der Waals surface area contributed by atoms with Crippen LogP contribution in [0.25, 0.3) is 0 Å². The maximum Gasteiger partial charge on any atom is 0.416 e. The number of imide groups is 1. The summed E-state index contributed by atoms with van der Waals surface area (Å²) in [6.07, 6.45) is -4.25. The first kappa shape index (κ1) is 22.0. The summed E-state index contributed by atoms with van der Waals surface area (Å²) < 4.78 is 63.5. The number of sulfone groups is 1. The Morgan fingerprint density at radius 2 is 1.72 bits per heavy atom. The number of nitrogens with zero attached hydrogens (tertiary/aromatic N) is 1. The van der Waals surface area contributed by atoms with Gasteiger partial charge in [0.05, 0.1) is 16.2 Å². The highest BCUT2D eigenvalue weighted by Crippen LogP contribution is 2.31. The zero-order chi connectivity index (χ0) is 23.3. The van der Waals surface area contributed by atoms with Gasteiger partial charge in [-0.1, -0.05) is 12.1 Å². The van der Waals surface area contributed by atoms with Gasteiger partial charge in [0, 0.05) is 18.5 Å². The molecule has 0 bridgehead atoms. The van der Waals surface area contributed by atoms with Crippen LogP contribution in [0.5, 0.6) is 0 Å². The Morgan fingerprint density at radius 1 is 1.03 bits per heavy atom. The number of hydrogen-bond donors (Lipinski definition) is 1. The van der Waals surface area contributed by atoms with E-state index in [9.17, 15) is 36.0 Å². The number of benzene rings is 2. The zero-order valence-corrected chi connectivity index (χ0v) is 17.3. The van der Waals surface area contributed by atoms with E-state index in [0.29, 0.717) is 23.3 Å². The van der Waals surface area contributed by atoms with Gasteiger partial charge in [-0.15, -0.1) is 0 Å². The van der Waals surface area contributed by atoms with Crippen molar-refractivity contribution < 1.29 is 36.0 Å². The number of carbonyl (C=O) groups excluding carboxylic acids is 3. The first-order chi connectivity index (χ1) is 15.0. The molecule has 11 heteroatoms. The second-order valence-corrected chi connectivity index (χ2v) is 9.66. The summed E-state index contributed by atoms with van der Waals surface area (Å²) in [4.78, 5) is 37.4. The molecule has 2 heterocycles. The van der Waals surface area contributed by atoms with Gasteiger partial charge in [0.2, 0.25) is 11.8 Å². The lowest BCUT2D eigenvalue weighted by Gasteiger charge is -2.29. The number of nitrogens with one attached hydrogen (secondary N) is 1. The molecular formula is C21H17F3N2O5S. The van der Waals surface area contributed by atoms with Gasteiger partial charge in [-0.2, -0.15) is 13.2 Å². The van der Waals surface area contributed by atoms with Crippen molar-refractivity contribution in [2.75, 3.05) is 0 Å². The van der Waals surface area contributed by atoms with Crippen LogP contribution >= 0.6 is 0 Å². The molecule has 0 radical (unpaired) electrons. The highest BCUT2D eigenvalue weighted by molar-refractivity contribution is 7.90. The smallest absolute Gasteiger partial charge is 0.322 e. The highest BCUT2D eigenvalue weighted by Gasteiger charge is 2.39. The van der Waals surface area contributed by atoms with Crippen molar-refractivity contribution in [1.29, 1.82) is 0 Å². The Balaban J connectivity index is 1.53. The van der Waals surface area contributed by atoms with Crippen molar-refractivity contribution in [1.82, 2.24) is 10.2 Å². The molecular weight excluding hydrogens is 449 g/mol. The summed E-state index contributed by atoms with van der Waals surface area (Å²) in [5, 5.41) is 2.21. The van der Waals surface area contributed by atoms with Crippen LogP contribution in [0.1, 0.15) is 39.9 Å². The maximum absolute atomic E-state index is 12.8. The number of halogens is 3. The number of amides is 3. The lowest BCUT2D eigenvalue weighted by molar-refractivity contribution is -0.138. The Bertz CT molecular complexity index is 1220. The van der Waals surface area contributed by atoms with Crippen molar-refractivity contribution in [3.63, 3.8) is 0 Å². The monoisotopic (exact) mass is 466 g/mol. The Hall–Kier alpha value is -3.21. The van der Waals surface area contributed by atoms with Crippen molar-refractivity contribution in [2.24, 2.45) is 0 Å². The summed E-state index contributed by atoms with van der Waals surface area (Å²) in [5.74, 6) is -1.89. The van der Waals surface area contributed by atoms with Gasteiger partial charge < -0.3 is 4.90 Å². The largest absolute Gasteiger partial charge is 0.416 e. The Morgan fingerprint density at radius 3 is 2.34 bits per heavy atom. The molecule has 0 spiro atoms. The van der Waals surface area contributed by atoms with E-state index in [1.165, 1.54) is 17.0 Å². The minimum Gasteiger partial charge on any atom is -0.322 e. The molecule has 2 aliphatic heterocycles. The molecule has 3 amide bonds. The molecule has 1 atom stereocenters. The third kappa shape index (κ3) is 4.12. The van der Waals surface area contributed by atoms with Crippen LogP contribution in [-0.2, 0) is 37.9 Å². The fraction of sp³-hybridized carbons (Fsp3) is 0.286. The molecule has 1 fully saturated rings. The summed E-state index contributed by atoms with van der Waals surface area (Å²) in [6.45, 7) is 0.159. The van der Waals surface area contributed by atoms with E-state index in [1.54, 1.807) is 6.07 Å². The van der Waals surface area contributed by atoms with Gasteiger partial charge in [0.1, 0.15) is 6.04 Å². The number of hydrogen-bond acceptors (Lipinski definition) is 5. The van der Waals surface area contributed by atoms with E-state index in [-0.39, 0.29) is 29.8 Å². The minimum absolute atomic E-state index is 0.118. The molecule has 0 aromatic heterocycles. The van der Waals surface area contributed by atoms with E-state index in [4.69, 9.17) is 0 Å². The lowest BCUT2D eigenvalue weighted by atomic mass is 10.0. The van der Waals surface area contributed by atoms with Crippen LogP contribution in [0, 0.1) is 0 Å². The summed E-state index contributed by atoms with van der Waals surface area (Å²) in [6, 6.07) is 6.98. The third-order valence-corrected chi connectivity index (χ3v) is 7.19. The summed E-state index contributed by atoms with van der Waals surface area (Å²) in [7, 11) is -3.95. The molecule has 0 saturated carbocycles. The standard InChI is InChI=1S/C21H17F3N2O5S/c22-21(23,24)14-3-5-15(6-4-14)32(30,31)11-12-1-2-13-10-26(20(29)16(13)9-12)17-7-8-18(27)25-19(17)28/h1-6,9,17H,7-8,10-11H2,(H,25,27,28). The molecule has 0 aliphatic carbocycles. The van der Waals surface area contributed by atoms with Crippen LogP contribution in [0.15, 0.2) is 47.4 Å². The summed E-state index contributed by atoms with van der Waals surface area (Å²) in [5.41, 5.74) is 0.223. The molecule has 7 nitrogen and oxygen atoms in total. The first-order valence-corrected chi connectivity index (χ1v) is 11.3. The molecule has 1 unspecified atom stereocenters. The van der Waals surface area contributed by atoms with Crippen molar-refractivity contribution >= 4 is 27.6 Å². The molecule has 32 heavy (non-hydrogen) atoms. The van der Waals surface area contributed by atoms with Crippen LogP contribution in [-0.4, -0.2) is 37.1 Å². The Kier molecular flexibility index (Phi) is 5.32. The molecule has 1 N–H and O–H groups in total. The molecule has 2 aliphatic rings. The number of rotatable bonds is 4. The predicted molar refractivity (Wildman–Crippen MR) is 105 cm³/mol. The lowest BCUT2D eigenvalue weighted by Crippen LogP contribution is -2.52. The van der Waals surface area contributed by atoms with Crippen LogP contribution in [0.2, 0.25) is 0 Å². The van der Waals surface area contributed by atoms with Gasteiger partial charge in [-0.3, -0.25) is 19.7 Å².